The van der Waals surface area contributed by atoms with E-state index in [1.54, 1.807) is 0 Å². The molecule has 2 aliphatic rings. The van der Waals surface area contributed by atoms with Gasteiger partial charge in [0.1, 0.15) is 0 Å². The topological polar surface area (TPSA) is 118 Å². The average molecular weight is 459 g/mol. The van der Waals surface area contributed by atoms with Gasteiger partial charge in [0.2, 0.25) is 11.8 Å². The molecule has 31 heavy (non-hydrogen) atoms. The maximum atomic E-state index is 11.9. The van der Waals surface area contributed by atoms with E-state index in [2.05, 4.69) is 21.3 Å². The predicted molar refractivity (Wildman–Crippen MR) is 121 cm³/mol. The number of nitrogens with one attached hydrogen (secondary N) is 4. The number of hydrogen-bond acceptors (Lipinski definition) is 6. The smallest absolute Gasteiger partial charge is 0.315 e. The van der Waals surface area contributed by atoms with Gasteiger partial charge in [-0.2, -0.15) is 11.8 Å². The maximum absolute atomic E-state index is 11.9. The number of rotatable bonds is 16. The van der Waals surface area contributed by atoms with E-state index in [-0.39, 0.29) is 29.9 Å². The van der Waals surface area contributed by atoms with Gasteiger partial charge in [0.05, 0.1) is 38.5 Å². The van der Waals surface area contributed by atoms with Gasteiger partial charge in [0.15, 0.2) is 0 Å². The molecule has 0 aliphatic carbocycles. The number of amides is 4. The van der Waals surface area contributed by atoms with E-state index in [0.717, 1.165) is 25.0 Å². The summed E-state index contributed by atoms with van der Waals surface area (Å²) in [6.45, 7) is 6.86. The second-order valence-corrected chi connectivity index (χ2v) is 9.66. The standard InChI is InChI=1S/C21H38N4O5S/c1-15(2)13-19(27)23-8-10-30-12-11-29-9-7-22-18(26)6-4-3-5-17-20-16(14-31-17)24-21(28)25-20/h15-17,20H,3-14H2,1-2H3,(H,22,26)(H,23,27)(H2,24,25,28). The van der Waals surface area contributed by atoms with Crippen LogP contribution in [-0.2, 0) is 19.1 Å². The van der Waals surface area contributed by atoms with Crippen molar-refractivity contribution in [2.45, 2.75) is 63.3 Å². The van der Waals surface area contributed by atoms with Crippen LogP contribution in [0, 0.1) is 5.92 Å². The highest BCUT2D eigenvalue weighted by molar-refractivity contribution is 8.00. The predicted octanol–water partition coefficient (Wildman–Crippen LogP) is 1.02. The Morgan fingerprint density at radius 1 is 1.03 bits per heavy atom. The molecule has 178 valence electrons. The summed E-state index contributed by atoms with van der Waals surface area (Å²) in [4.78, 5) is 34.7. The third kappa shape index (κ3) is 10.6. The number of carbonyl (C=O) groups excluding carboxylic acids is 3. The van der Waals surface area contributed by atoms with Gasteiger partial charge in [-0.05, 0) is 18.8 Å². The van der Waals surface area contributed by atoms with Crippen molar-refractivity contribution < 1.29 is 23.9 Å². The molecule has 2 aliphatic heterocycles. The lowest BCUT2D eigenvalue weighted by Crippen LogP contribution is -2.36. The van der Waals surface area contributed by atoms with Crippen LogP contribution in [0.15, 0.2) is 0 Å². The molecule has 2 saturated heterocycles. The Morgan fingerprint density at radius 3 is 2.39 bits per heavy atom. The van der Waals surface area contributed by atoms with Crippen LogP contribution >= 0.6 is 11.8 Å². The van der Waals surface area contributed by atoms with Gasteiger partial charge in [-0.1, -0.05) is 20.3 Å². The van der Waals surface area contributed by atoms with Crippen molar-refractivity contribution in [2.75, 3.05) is 45.3 Å². The fourth-order valence-corrected chi connectivity index (χ4v) is 5.20. The van der Waals surface area contributed by atoms with E-state index >= 15 is 0 Å². The normalized spacial score (nSPS) is 22.2. The minimum absolute atomic E-state index is 0.0461. The monoisotopic (exact) mass is 458 g/mol. The van der Waals surface area contributed by atoms with Gasteiger partial charge in [-0.25, -0.2) is 4.79 Å². The van der Waals surface area contributed by atoms with E-state index in [4.69, 9.17) is 9.47 Å². The molecule has 0 aromatic carbocycles. The second-order valence-electron chi connectivity index (χ2n) is 8.39. The van der Waals surface area contributed by atoms with Crippen LogP contribution in [0.2, 0.25) is 0 Å². The summed E-state index contributed by atoms with van der Waals surface area (Å²) in [6.07, 6.45) is 3.90. The number of fused-ring (bicyclic) bond motifs is 1. The van der Waals surface area contributed by atoms with Crippen molar-refractivity contribution in [2.24, 2.45) is 5.92 Å². The molecule has 3 atom stereocenters. The van der Waals surface area contributed by atoms with Gasteiger partial charge < -0.3 is 30.7 Å². The quantitative estimate of drug-likeness (QED) is 0.203. The molecule has 2 rings (SSSR count). The Bertz CT molecular complexity index is 578. The van der Waals surface area contributed by atoms with Crippen LogP contribution in [0.3, 0.4) is 0 Å². The van der Waals surface area contributed by atoms with Gasteiger partial charge in [-0.3, -0.25) is 9.59 Å². The summed E-state index contributed by atoms with van der Waals surface area (Å²) < 4.78 is 10.8. The van der Waals surface area contributed by atoms with Crippen LogP contribution < -0.4 is 21.3 Å². The summed E-state index contributed by atoms with van der Waals surface area (Å²) in [5, 5.41) is 12.1. The average Bonchev–Trinajstić information content (AvgIpc) is 3.25. The highest BCUT2D eigenvalue weighted by Crippen LogP contribution is 2.33. The third-order valence-electron chi connectivity index (χ3n) is 5.18. The van der Waals surface area contributed by atoms with Crippen molar-refractivity contribution in [3.63, 3.8) is 0 Å². The van der Waals surface area contributed by atoms with E-state index in [1.165, 1.54) is 0 Å². The molecule has 3 unspecified atom stereocenters. The summed E-state index contributed by atoms with van der Waals surface area (Å²) in [7, 11) is 0. The van der Waals surface area contributed by atoms with Crippen molar-refractivity contribution in [1.29, 1.82) is 0 Å². The maximum Gasteiger partial charge on any atom is 0.315 e. The zero-order valence-corrected chi connectivity index (χ0v) is 19.6. The summed E-state index contributed by atoms with van der Waals surface area (Å²) in [5.74, 6) is 1.42. The lowest BCUT2D eigenvalue weighted by Gasteiger charge is -2.16. The summed E-state index contributed by atoms with van der Waals surface area (Å²) >= 11 is 1.90. The van der Waals surface area contributed by atoms with Crippen molar-refractivity contribution >= 4 is 29.6 Å². The van der Waals surface area contributed by atoms with E-state index in [0.29, 0.717) is 63.5 Å². The Kier molecular flexibility index (Phi) is 12.1. The van der Waals surface area contributed by atoms with E-state index < -0.39 is 0 Å². The first kappa shape index (κ1) is 25.7. The van der Waals surface area contributed by atoms with Crippen LogP contribution in [-0.4, -0.2) is 80.4 Å². The van der Waals surface area contributed by atoms with Crippen LogP contribution in [0.5, 0.6) is 0 Å². The fourth-order valence-electron chi connectivity index (χ4n) is 3.65. The first-order chi connectivity index (χ1) is 15.0. The minimum atomic E-state index is -0.0564. The zero-order chi connectivity index (χ0) is 22.5. The highest BCUT2D eigenvalue weighted by Gasteiger charge is 2.42. The second kappa shape index (κ2) is 14.5. The molecule has 10 heteroatoms. The highest BCUT2D eigenvalue weighted by atomic mass is 32.2. The molecule has 0 radical (unpaired) electrons. The van der Waals surface area contributed by atoms with Crippen LogP contribution in [0.25, 0.3) is 0 Å². The zero-order valence-electron chi connectivity index (χ0n) is 18.7. The third-order valence-corrected chi connectivity index (χ3v) is 6.69. The number of ether oxygens (including phenoxy) is 2. The van der Waals surface area contributed by atoms with Gasteiger partial charge in [0, 0.05) is 36.9 Å². The molecule has 4 amide bonds. The number of urea groups is 1. The molecular weight excluding hydrogens is 420 g/mol. The molecule has 0 saturated carbocycles. The Hall–Kier alpha value is -1.52. The number of carbonyl (C=O) groups is 3. The van der Waals surface area contributed by atoms with Crippen molar-refractivity contribution in [3.8, 4) is 0 Å². The van der Waals surface area contributed by atoms with E-state index in [9.17, 15) is 14.4 Å². The van der Waals surface area contributed by atoms with Crippen LogP contribution in [0.1, 0.15) is 46.0 Å². The van der Waals surface area contributed by atoms with Crippen LogP contribution in [0.4, 0.5) is 4.79 Å². The fraction of sp³-hybridized carbons (Fsp3) is 0.857. The molecular formula is C21H38N4O5S. The molecule has 4 N–H and O–H groups in total. The number of thioether (sulfide) groups is 1. The largest absolute Gasteiger partial charge is 0.377 e. The first-order valence-corrected chi connectivity index (χ1v) is 12.4. The number of unbranched alkanes of at least 4 members (excludes halogenated alkanes) is 1. The van der Waals surface area contributed by atoms with Crippen molar-refractivity contribution in [1.82, 2.24) is 21.3 Å². The Balaban J connectivity index is 1.33. The van der Waals surface area contributed by atoms with Gasteiger partial charge >= 0.3 is 6.03 Å². The first-order valence-electron chi connectivity index (χ1n) is 11.3. The van der Waals surface area contributed by atoms with Crippen molar-refractivity contribution in [3.05, 3.63) is 0 Å². The summed E-state index contributed by atoms with van der Waals surface area (Å²) in [6, 6.07) is 0.432. The lowest BCUT2D eigenvalue weighted by atomic mass is 10.0. The van der Waals surface area contributed by atoms with Gasteiger partial charge in [0.25, 0.3) is 0 Å². The molecule has 2 fully saturated rings. The molecule has 0 spiro atoms. The number of hydrogen-bond donors (Lipinski definition) is 4. The van der Waals surface area contributed by atoms with Gasteiger partial charge in [-0.15, -0.1) is 0 Å². The molecule has 0 aromatic heterocycles. The molecule has 9 nitrogen and oxygen atoms in total. The SMILES string of the molecule is CC(C)CC(=O)NCCOCCOCCNC(=O)CCCCC1SCC2NC(=O)NC21. The Morgan fingerprint density at radius 2 is 1.71 bits per heavy atom. The Labute approximate surface area is 189 Å². The molecule has 2 heterocycles. The van der Waals surface area contributed by atoms with E-state index in [1.807, 2.05) is 25.6 Å². The minimum Gasteiger partial charge on any atom is -0.377 e. The lowest BCUT2D eigenvalue weighted by molar-refractivity contribution is -0.122. The summed E-state index contributed by atoms with van der Waals surface area (Å²) in [5.41, 5.74) is 0. The molecule has 0 bridgehead atoms. The molecule has 0 aromatic rings.